The molecule has 0 bridgehead atoms. The average molecular weight is 303 g/mol. The van der Waals surface area contributed by atoms with E-state index in [1.165, 1.54) is 31.2 Å². The van der Waals surface area contributed by atoms with Crippen LogP contribution in [0.25, 0.3) is 0 Å². The van der Waals surface area contributed by atoms with E-state index in [-0.39, 0.29) is 11.3 Å². The number of alkyl halides is 2. The van der Waals surface area contributed by atoms with E-state index in [9.17, 15) is 18.4 Å². The summed E-state index contributed by atoms with van der Waals surface area (Å²) in [6, 6.07) is 6.16. The number of carbonyl (C=O) groups excluding carboxylic acids is 1. The number of hydrogen-bond acceptors (Lipinski definition) is 3. The maximum Gasteiger partial charge on any atom is 0.327 e. The quantitative estimate of drug-likeness (QED) is 0.809. The van der Waals surface area contributed by atoms with Crippen LogP contribution in [0.15, 0.2) is 30.3 Å². The minimum absolute atomic E-state index is 0.112. The van der Waals surface area contributed by atoms with Gasteiger partial charge in [-0.15, -0.1) is 0 Å². The number of hydrogen-bond donors (Lipinski definition) is 2. The molecular weight excluding hydrogens is 288 g/mol. The van der Waals surface area contributed by atoms with E-state index >= 15 is 0 Å². The molecule has 1 amide bonds. The number of rotatable bonds is 7. The number of thioether (sulfide) groups is 1. The number of carboxylic acid groups (broad SMARTS) is 1. The van der Waals surface area contributed by atoms with Gasteiger partial charge in [-0.05, 0) is 0 Å². The van der Waals surface area contributed by atoms with Gasteiger partial charge in [0.2, 0.25) is 5.91 Å². The second-order valence-electron chi connectivity index (χ2n) is 4.18. The molecule has 1 aromatic carbocycles. The lowest BCUT2D eigenvalue weighted by Gasteiger charge is -2.18. The Morgan fingerprint density at radius 2 is 1.95 bits per heavy atom. The van der Waals surface area contributed by atoms with Crippen molar-refractivity contribution in [3.63, 3.8) is 0 Å². The smallest absolute Gasteiger partial charge is 0.327 e. The number of amides is 1. The van der Waals surface area contributed by atoms with Crippen molar-refractivity contribution in [3.8, 4) is 0 Å². The highest BCUT2D eigenvalue weighted by molar-refractivity contribution is 7.99. The number of aliphatic carboxylic acids is 1. The Labute approximate surface area is 119 Å². The van der Waals surface area contributed by atoms with E-state index in [1.54, 1.807) is 6.07 Å². The molecule has 2 N–H and O–H groups in total. The number of carboxylic acids is 1. The first-order valence-electron chi connectivity index (χ1n) is 5.84. The normalized spacial score (nSPS) is 12.8. The van der Waals surface area contributed by atoms with Crippen LogP contribution in [0.2, 0.25) is 0 Å². The summed E-state index contributed by atoms with van der Waals surface area (Å²) in [5.74, 6) is -5.44. The van der Waals surface area contributed by atoms with Gasteiger partial charge in [0.25, 0.3) is 5.92 Å². The summed E-state index contributed by atoms with van der Waals surface area (Å²) in [5, 5.41) is 11.1. The number of halogens is 2. The van der Waals surface area contributed by atoms with Gasteiger partial charge in [0, 0.05) is 18.2 Å². The maximum atomic E-state index is 13.8. The van der Waals surface area contributed by atoms with E-state index in [0.29, 0.717) is 0 Å². The lowest BCUT2D eigenvalue weighted by Crippen LogP contribution is -2.41. The first kappa shape index (κ1) is 16.4. The van der Waals surface area contributed by atoms with Crippen LogP contribution in [-0.2, 0) is 15.5 Å². The van der Waals surface area contributed by atoms with Gasteiger partial charge in [-0.25, -0.2) is 13.6 Å². The summed E-state index contributed by atoms with van der Waals surface area (Å²) >= 11 is 0.788. The summed E-state index contributed by atoms with van der Waals surface area (Å²) in [4.78, 5) is 21.7. The van der Waals surface area contributed by atoms with Gasteiger partial charge in [-0.2, -0.15) is 11.8 Å². The Morgan fingerprint density at radius 3 is 2.45 bits per heavy atom. The number of benzene rings is 1. The second kappa shape index (κ2) is 7.23. The zero-order chi connectivity index (χ0) is 15.2. The molecule has 1 unspecified atom stereocenters. The lowest BCUT2D eigenvalue weighted by atomic mass is 10.1. The number of nitrogens with one attached hydrogen (secondary N) is 1. The third-order valence-electron chi connectivity index (χ3n) is 2.44. The molecule has 0 aliphatic carbocycles. The molecule has 0 aliphatic heterocycles. The summed E-state index contributed by atoms with van der Waals surface area (Å²) in [7, 11) is 0. The number of carbonyl (C=O) groups is 2. The van der Waals surface area contributed by atoms with Crippen LogP contribution < -0.4 is 5.32 Å². The van der Waals surface area contributed by atoms with Crippen molar-refractivity contribution >= 4 is 23.6 Å². The fourth-order valence-electron chi connectivity index (χ4n) is 1.49. The fourth-order valence-corrected chi connectivity index (χ4v) is 2.49. The van der Waals surface area contributed by atoms with Crippen molar-refractivity contribution < 1.29 is 23.5 Å². The molecule has 20 heavy (non-hydrogen) atoms. The van der Waals surface area contributed by atoms with Crippen LogP contribution in [0.5, 0.6) is 0 Å². The third-order valence-corrected chi connectivity index (χ3v) is 3.58. The molecule has 0 aliphatic rings. The van der Waals surface area contributed by atoms with Crippen molar-refractivity contribution in [2.75, 3.05) is 11.5 Å². The van der Waals surface area contributed by atoms with E-state index < -0.39 is 29.6 Å². The molecule has 1 rings (SSSR count). The standard InChI is InChI=1S/C13H15F2NO3S/c1-9(17)16-11(12(18)19)7-20-8-13(14,15)10-5-3-2-4-6-10/h2-6,11H,7-8H2,1H3,(H,16,17)(H,18,19). The molecule has 0 spiro atoms. The van der Waals surface area contributed by atoms with Crippen LogP contribution in [0.3, 0.4) is 0 Å². The minimum Gasteiger partial charge on any atom is -0.480 e. The van der Waals surface area contributed by atoms with Crippen molar-refractivity contribution in [1.29, 1.82) is 0 Å². The van der Waals surface area contributed by atoms with Crippen LogP contribution in [0.1, 0.15) is 12.5 Å². The van der Waals surface area contributed by atoms with Gasteiger partial charge in [-0.3, -0.25) is 4.79 Å². The Hall–Kier alpha value is -1.63. The summed E-state index contributed by atoms with van der Waals surface area (Å²) in [6.45, 7) is 1.18. The maximum absolute atomic E-state index is 13.8. The summed E-state index contributed by atoms with van der Waals surface area (Å²) in [6.07, 6.45) is 0. The molecule has 4 nitrogen and oxygen atoms in total. The largest absolute Gasteiger partial charge is 0.480 e. The van der Waals surface area contributed by atoms with Gasteiger partial charge in [-0.1, -0.05) is 30.3 Å². The van der Waals surface area contributed by atoms with Crippen molar-refractivity contribution in [3.05, 3.63) is 35.9 Å². The van der Waals surface area contributed by atoms with Gasteiger partial charge in [0.1, 0.15) is 6.04 Å². The molecule has 0 aromatic heterocycles. The highest BCUT2D eigenvalue weighted by atomic mass is 32.2. The van der Waals surface area contributed by atoms with Crippen LogP contribution in [0.4, 0.5) is 8.78 Å². The summed E-state index contributed by atoms with van der Waals surface area (Å²) < 4.78 is 27.6. The van der Waals surface area contributed by atoms with Crippen LogP contribution in [-0.4, -0.2) is 34.5 Å². The van der Waals surface area contributed by atoms with Crippen molar-refractivity contribution in [2.45, 2.75) is 18.9 Å². The Morgan fingerprint density at radius 1 is 1.35 bits per heavy atom. The molecular formula is C13H15F2NO3S. The third kappa shape index (κ3) is 5.16. The van der Waals surface area contributed by atoms with E-state index in [1.807, 2.05) is 0 Å². The molecule has 0 saturated carbocycles. The second-order valence-corrected chi connectivity index (χ2v) is 5.21. The highest BCUT2D eigenvalue weighted by Crippen LogP contribution is 2.31. The minimum atomic E-state index is -3.04. The van der Waals surface area contributed by atoms with Gasteiger partial charge in [0.15, 0.2) is 0 Å². The lowest BCUT2D eigenvalue weighted by molar-refractivity contribution is -0.140. The zero-order valence-corrected chi connectivity index (χ0v) is 11.6. The first-order chi connectivity index (χ1) is 9.33. The Bertz CT molecular complexity index is 468. The van der Waals surface area contributed by atoms with Gasteiger partial charge in [0.05, 0.1) is 5.75 Å². The first-order valence-corrected chi connectivity index (χ1v) is 6.99. The molecule has 0 radical (unpaired) electrons. The molecule has 0 heterocycles. The monoisotopic (exact) mass is 303 g/mol. The molecule has 1 atom stereocenters. The Kier molecular flexibility index (Phi) is 5.94. The highest BCUT2D eigenvalue weighted by Gasteiger charge is 2.32. The SMILES string of the molecule is CC(=O)NC(CSCC(F)(F)c1ccccc1)C(=O)O. The average Bonchev–Trinajstić information content (AvgIpc) is 2.38. The van der Waals surface area contributed by atoms with Crippen LogP contribution in [0, 0.1) is 0 Å². The van der Waals surface area contributed by atoms with Gasteiger partial charge < -0.3 is 10.4 Å². The topological polar surface area (TPSA) is 66.4 Å². The van der Waals surface area contributed by atoms with Crippen molar-refractivity contribution in [2.24, 2.45) is 0 Å². The zero-order valence-electron chi connectivity index (χ0n) is 10.8. The van der Waals surface area contributed by atoms with Gasteiger partial charge >= 0.3 is 5.97 Å². The van der Waals surface area contributed by atoms with E-state index in [2.05, 4.69) is 5.32 Å². The molecule has 0 saturated heterocycles. The fraction of sp³-hybridized carbons (Fsp3) is 0.385. The van der Waals surface area contributed by atoms with Crippen LogP contribution >= 0.6 is 11.8 Å². The van der Waals surface area contributed by atoms with Crippen molar-refractivity contribution in [1.82, 2.24) is 5.32 Å². The molecule has 1 aromatic rings. The molecule has 110 valence electrons. The van der Waals surface area contributed by atoms with E-state index in [0.717, 1.165) is 11.8 Å². The Balaban J connectivity index is 2.53. The predicted octanol–water partition coefficient (Wildman–Crippen LogP) is 2.10. The molecule has 7 heteroatoms. The predicted molar refractivity (Wildman–Crippen MR) is 72.9 cm³/mol. The molecule has 0 fully saturated rings. The van der Waals surface area contributed by atoms with E-state index in [4.69, 9.17) is 5.11 Å². The summed E-state index contributed by atoms with van der Waals surface area (Å²) in [5.41, 5.74) is -0.112.